The molecule has 2 aromatic rings. The van der Waals surface area contributed by atoms with E-state index in [1.54, 1.807) is 0 Å². The van der Waals surface area contributed by atoms with Crippen molar-refractivity contribution in [3.05, 3.63) is 84.4 Å². The maximum absolute atomic E-state index is 5.54. The molecule has 0 aliphatic rings. The highest BCUT2D eigenvalue weighted by atomic mass is 32.1. The molecule has 0 aliphatic heterocycles. The van der Waals surface area contributed by atoms with Gasteiger partial charge >= 0.3 is 0 Å². The molecule has 0 bridgehead atoms. The topological polar surface area (TPSA) is 15.3 Å². The molecule has 0 amide bonds. The summed E-state index contributed by atoms with van der Waals surface area (Å²) >= 11 is 5.54. The van der Waals surface area contributed by atoms with Crippen LogP contribution in [0.3, 0.4) is 0 Å². The van der Waals surface area contributed by atoms with Crippen molar-refractivity contribution in [2.24, 2.45) is 0 Å². The first-order valence-electron chi connectivity index (χ1n) is 8.01. The van der Waals surface area contributed by atoms with Gasteiger partial charge < -0.3 is 10.2 Å². The number of hydrogen-bond donors (Lipinski definition) is 1. The number of thiocarbonyl (C=S) groups is 1. The molecule has 0 heterocycles. The number of hydrogen-bond acceptors (Lipinski definition) is 1. The van der Waals surface area contributed by atoms with E-state index in [2.05, 4.69) is 65.3 Å². The summed E-state index contributed by atoms with van der Waals surface area (Å²) in [6, 6.07) is 21.1. The summed E-state index contributed by atoms with van der Waals surface area (Å²) in [6.07, 6.45) is 3.82. The third-order valence-corrected chi connectivity index (χ3v) is 4.11. The number of rotatable bonds is 8. The fourth-order valence-corrected chi connectivity index (χ4v) is 2.67. The van der Waals surface area contributed by atoms with Crippen molar-refractivity contribution in [1.82, 2.24) is 10.2 Å². The molecule has 0 unspecified atom stereocenters. The lowest BCUT2D eigenvalue weighted by molar-refractivity contribution is 0.421. The molecule has 0 fully saturated rings. The van der Waals surface area contributed by atoms with Gasteiger partial charge in [0.1, 0.15) is 0 Å². The average molecular weight is 324 g/mol. The zero-order valence-corrected chi connectivity index (χ0v) is 14.3. The molecule has 120 valence electrons. The first-order valence-corrected chi connectivity index (χ1v) is 8.42. The summed E-state index contributed by atoms with van der Waals surface area (Å²) in [4.78, 5) is 2.25. The van der Waals surface area contributed by atoms with Gasteiger partial charge in [-0.2, -0.15) is 0 Å². The smallest absolute Gasteiger partial charge is 0.169 e. The van der Waals surface area contributed by atoms with E-state index in [-0.39, 0.29) is 0 Å². The van der Waals surface area contributed by atoms with Gasteiger partial charge in [0.05, 0.1) is 0 Å². The van der Waals surface area contributed by atoms with Gasteiger partial charge in [-0.3, -0.25) is 0 Å². The Bertz CT molecular complexity index is 552. The lowest BCUT2D eigenvalue weighted by Gasteiger charge is -2.26. The largest absolute Gasteiger partial charge is 0.359 e. The molecule has 0 atom stereocenters. The second kappa shape index (κ2) is 9.80. The van der Waals surface area contributed by atoms with Crippen molar-refractivity contribution in [3.8, 4) is 0 Å². The van der Waals surface area contributed by atoms with Crippen LogP contribution >= 0.6 is 12.2 Å². The Labute approximate surface area is 144 Å². The Morgan fingerprint density at radius 3 is 1.83 bits per heavy atom. The normalized spacial score (nSPS) is 10.1. The zero-order valence-electron chi connectivity index (χ0n) is 13.4. The number of benzene rings is 2. The predicted octanol–water partition coefficient (Wildman–Crippen LogP) is 3.83. The van der Waals surface area contributed by atoms with E-state index in [1.165, 1.54) is 11.1 Å². The van der Waals surface area contributed by atoms with E-state index in [9.17, 15) is 0 Å². The van der Waals surface area contributed by atoms with E-state index in [4.69, 9.17) is 12.2 Å². The van der Waals surface area contributed by atoms with Crippen LogP contribution in [0.15, 0.2) is 73.3 Å². The van der Waals surface area contributed by atoms with Gasteiger partial charge in [0.2, 0.25) is 0 Å². The van der Waals surface area contributed by atoms with Crippen molar-refractivity contribution < 1.29 is 0 Å². The third kappa shape index (κ3) is 6.25. The van der Waals surface area contributed by atoms with Gasteiger partial charge in [0, 0.05) is 19.6 Å². The molecular weight excluding hydrogens is 300 g/mol. The predicted molar refractivity (Wildman–Crippen MR) is 103 cm³/mol. The van der Waals surface area contributed by atoms with Crippen molar-refractivity contribution in [3.63, 3.8) is 0 Å². The Balaban J connectivity index is 1.93. The van der Waals surface area contributed by atoms with E-state index in [0.717, 1.165) is 31.0 Å². The lowest BCUT2D eigenvalue weighted by atomic mass is 10.1. The molecule has 0 saturated heterocycles. The van der Waals surface area contributed by atoms with Crippen LogP contribution in [0.2, 0.25) is 0 Å². The van der Waals surface area contributed by atoms with Gasteiger partial charge in [-0.15, -0.1) is 6.58 Å². The van der Waals surface area contributed by atoms with Gasteiger partial charge in [-0.25, -0.2) is 0 Å². The quantitative estimate of drug-likeness (QED) is 0.587. The molecule has 3 heteroatoms. The summed E-state index contributed by atoms with van der Waals surface area (Å²) in [7, 11) is 0. The summed E-state index contributed by atoms with van der Waals surface area (Å²) in [6.45, 7) is 6.27. The van der Waals surface area contributed by atoms with Crippen LogP contribution < -0.4 is 5.32 Å². The SMILES string of the molecule is C=CCNC(=S)N(CCc1ccccc1)CCc1ccccc1. The summed E-state index contributed by atoms with van der Waals surface area (Å²) in [5.41, 5.74) is 2.67. The summed E-state index contributed by atoms with van der Waals surface area (Å²) < 4.78 is 0. The summed E-state index contributed by atoms with van der Waals surface area (Å²) in [5.74, 6) is 0. The van der Waals surface area contributed by atoms with Crippen LogP contribution in [0.5, 0.6) is 0 Å². The summed E-state index contributed by atoms with van der Waals surface area (Å²) in [5, 5.41) is 4.05. The molecule has 0 spiro atoms. The first kappa shape index (κ1) is 17.2. The molecule has 0 radical (unpaired) electrons. The minimum atomic E-state index is 0.700. The average Bonchev–Trinajstić information content (AvgIpc) is 2.61. The van der Waals surface area contributed by atoms with Crippen molar-refractivity contribution in [2.75, 3.05) is 19.6 Å². The van der Waals surface area contributed by atoms with Crippen LogP contribution in [0.4, 0.5) is 0 Å². The van der Waals surface area contributed by atoms with E-state index >= 15 is 0 Å². The highest BCUT2D eigenvalue weighted by molar-refractivity contribution is 7.80. The molecule has 0 aromatic heterocycles. The van der Waals surface area contributed by atoms with Crippen LogP contribution in [-0.4, -0.2) is 29.6 Å². The van der Waals surface area contributed by atoms with Gasteiger partial charge in [0.25, 0.3) is 0 Å². The van der Waals surface area contributed by atoms with Crippen molar-refractivity contribution in [1.29, 1.82) is 0 Å². The molecule has 0 saturated carbocycles. The molecule has 23 heavy (non-hydrogen) atoms. The fourth-order valence-electron chi connectivity index (χ4n) is 2.40. The van der Waals surface area contributed by atoms with E-state index in [1.807, 2.05) is 18.2 Å². The Morgan fingerprint density at radius 2 is 1.39 bits per heavy atom. The van der Waals surface area contributed by atoms with Gasteiger partial charge in [0.15, 0.2) is 5.11 Å². The van der Waals surface area contributed by atoms with Crippen LogP contribution in [-0.2, 0) is 12.8 Å². The van der Waals surface area contributed by atoms with Crippen LogP contribution in [0.25, 0.3) is 0 Å². The van der Waals surface area contributed by atoms with Crippen molar-refractivity contribution >= 4 is 17.3 Å². The minimum absolute atomic E-state index is 0.700. The fraction of sp³-hybridized carbons (Fsp3) is 0.250. The maximum Gasteiger partial charge on any atom is 0.169 e. The standard InChI is InChI=1S/C20H24N2S/c1-2-15-21-20(23)22(16-13-18-9-5-3-6-10-18)17-14-19-11-7-4-8-12-19/h2-12H,1,13-17H2,(H,21,23). The number of nitrogens with zero attached hydrogens (tertiary/aromatic N) is 1. The molecule has 2 rings (SSSR count). The highest BCUT2D eigenvalue weighted by Crippen LogP contribution is 2.05. The Morgan fingerprint density at radius 1 is 0.913 bits per heavy atom. The third-order valence-electron chi connectivity index (χ3n) is 3.71. The Hall–Kier alpha value is -2.13. The molecule has 0 aliphatic carbocycles. The van der Waals surface area contributed by atoms with Crippen LogP contribution in [0, 0.1) is 0 Å². The molecular formula is C20H24N2S. The van der Waals surface area contributed by atoms with Crippen LogP contribution in [0.1, 0.15) is 11.1 Å². The first-order chi connectivity index (χ1) is 11.3. The highest BCUT2D eigenvalue weighted by Gasteiger charge is 2.09. The molecule has 2 nitrogen and oxygen atoms in total. The second-order valence-corrected chi connectivity index (χ2v) is 5.82. The van der Waals surface area contributed by atoms with Gasteiger partial charge in [-0.1, -0.05) is 66.7 Å². The number of nitrogens with one attached hydrogen (secondary N) is 1. The van der Waals surface area contributed by atoms with E-state index < -0.39 is 0 Å². The minimum Gasteiger partial charge on any atom is -0.359 e. The van der Waals surface area contributed by atoms with E-state index in [0.29, 0.717) is 6.54 Å². The van der Waals surface area contributed by atoms with Gasteiger partial charge in [-0.05, 0) is 36.2 Å². The monoisotopic (exact) mass is 324 g/mol. The zero-order chi connectivity index (χ0) is 16.3. The molecule has 1 N–H and O–H groups in total. The Kier molecular flexibility index (Phi) is 7.34. The van der Waals surface area contributed by atoms with Crippen molar-refractivity contribution in [2.45, 2.75) is 12.8 Å². The molecule has 2 aromatic carbocycles. The lowest BCUT2D eigenvalue weighted by Crippen LogP contribution is -2.42. The maximum atomic E-state index is 5.54. The second-order valence-electron chi connectivity index (χ2n) is 5.43.